The van der Waals surface area contributed by atoms with Gasteiger partial charge in [-0.1, -0.05) is 20.3 Å². The van der Waals surface area contributed by atoms with E-state index in [9.17, 15) is 0 Å². The summed E-state index contributed by atoms with van der Waals surface area (Å²) in [6.45, 7) is 4.23. The van der Waals surface area contributed by atoms with Crippen LogP contribution in [0.1, 0.15) is 56.4 Å². The van der Waals surface area contributed by atoms with Gasteiger partial charge >= 0.3 is 0 Å². The molecule has 0 radical (unpaired) electrons. The van der Waals surface area contributed by atoms with E-state index < -0.39 is 0 Å². The van der Waals surface area contributed by atoms with Gasteiger partial charge in [0.05, 0.1) is 5.69 Å². The van der Waals surface area contributed by atoms with Crippen molar-refractivity contribution in [2.24, 2.45) is 0 Å². The Hall–Kier alpha value is -0.990. The lowest BCUT2D eigenvalue weighted by molar-refractivity contribution is 0.398. The molecule has 1 heterocycles. The Kier molecular flexibility index (Phi) is 2.02. The van der Waals surface area contributed by atoms with Crippen molar-refractivity contribution in [3.8, 4) is 0 Å². The van der Waals surface area contributed by atoms with Gasteiger partial charge in [0.15, 0.2) is 0 Å². The molecule has 2 rings (SSSR count). The fourth-order valence-corrected chi connectivity index (χ4v) is 1.75. The summed E-state index contributed by atoms with van der Waals surface area (Å²) in [5.74, 6) is 1.99. The van der Waals surface area contributed by atoms with Crippen molar-refractivity contribution in [1.29, 1.82) is 0 Å². The first kappa shape index (κ1) is 8.60. The molecule has 0 bridgehead atoms. The third-order valence-electron chi connectivity index (χ3n) is 2.71. The van der Waals surface area contributed by atoms with Gasteiger partial charge in [0.1, 0.15) is 5.76 Å². The van der Waals surface area contributed by atoms with Crippen LogP contribution in [-0.4, -0.2) is 4.98 Å². The van der Waals surface area contributed by atoms with Crippen molar-refractivity contribution < 1.29 is 4.42 Å². The average Bonchev–Trinajstić information content (AvgIpc) is 2.27. The molecule has 3 heteroatoms. The third-order valence-corrected chi connectivity index (χ3v) is 2.71. The highest BCUT2D eigenvalue weighted by Crippen LogP contribution is 2.39. The molecule has 0 unspecified atom stereocenters. The third kappa shape index (κ3) is 1.43. The molecule has 0 atom stereocenters. The highest BCUT2D eigenvalue weighted by Gasteiger charge is 2.27. The van der Waals surface area contributed by atoms with Crippen molar-refractivity contribution in [2.75, 3.05) is 5.73 Å². The quantitative estimate of drug-likeness (QED) is 0.761. The van der Waals surface area contributed by atoms with Gasteiger partial charge in [-0.25, -0.2) is 0 Å². The van der Waals surface area contributed by atoms with Crippen LogP contribution in [0, 0.1) is 0 Å². The molecule has 0 spiro atoms. The standard InChI is InChI=1S/C10H16N2O/c1-6(2)9-8(7-4-3-5-7)12-10(11)13-9/h6-7H,3-5H2,1-2H3,(H2,11,12). The van der Waals surface area contributed by atoms with Crippen LogP contribution in [-0.2, 0) is 0 Å². The van der Waals surface area contributed by atoms with E-state index >= 15 is 0 Å². The summed E-state index contributed by atoms with van der Waals surface area (Å²) in [6.07, 6.45) is 3.80. The van der Waals surface area contributed by atoms with E-state index in [1.807, 2.05) is 0 Å². The molecule has 72 valence electrons. The fraction of sp³-hybridized carbons (Fsp3) is 0.700. The van der Waals surface area contributed by atoms with Gasteiger partial charge in [-0.15, -0.1) is 0 Å². The van der Waals surface area contributed by atoms with Crippen molar-refractivity contribution in [3.05, 3.63) is 11.5 Å². The monoisotopic (exact) mass is 180 g/mol. The smallest absolute Gasteiger partial charge is 0.292 e. The summed E-state index contributed by atoms with van der Waals surface area (Å²) >= 11 is 0. The van der Waals surface area contributed by atoms with Crippen molar-refractivity contribution in [3.63, 3.8) is 0 Å². The second kappa shape index (κ2) is 3.05. The van der Waals surface area contributed by atoms with Gasteiger partial charge in [0.2, 0.25) is 0 Å². The summed E-state index contributed by atoms with van der Waals surface area (Å²) in [6, 6.07) is 0.325. The Morgan fingerprint density at radius 2 is 2.15 bits per heavy atom. The summed E-state index contributed by atoms with van der Waals surface area (Å²) in [5, 5.41) is 0. The maximum atomic E-state index is 5.56. The van der Waals surface area contributed by atoms with Crippen LogP contribution in [0.15, 0.2) is 4.42 Å². The second-order valence-corrected chi connectivity index (χ2v) is 4.08. The van der Waals surface area contributed by atoms with Gasteiger partial charge in [-0.05, 0) is 12.8 Å². The summed E-state index contributed by atoms with van der Waals surface area (Å²) in [5.41, 5.74) is 6.67. The first-order chi connectivity index (χ1) is 6.18. The predicted molar refractivity (Wildman–Crippen MR) is 51.6 cm³/mol. The van der Waals surface area contributed by atoms with Crippen LogP contribution >= 0.6 is 0 Å². The topological polar surface area (TPSA) is 52.0 Å². The molecule has 13 heavy (non-hydrogen) atoms. The Bertz CT molecular complexity index is 300. The van der Waals surface area contributed by atoms with Gasteiger partial charge < -0.3 is 10.2 Å². The van der Waals surface area contributed by atoms with Crippen LogP contribution < -0.4 is 5.73 Å². The van der Waals surface area contributed by atoms with Crippen molar-refractivity contribution in [1.82, 2.24) is 4.98 Å². The number of nitrogens with two attached hydrogens (primary N) is 1. The molecule has 2 N–H and O–H groups in total. The molecule has 1 aromatic rings. The van der Waals surface area contributed by atoms with E-state index in [2.05, 4.69) is 18.8 Å². The minimum absolute atomic E-state index is 0.325. The molecule has 0 aliphatic heterocycles. The van der Waals surface area contributed by atoms with Gasteiger partial charge in [-0.3, -0.25) is 0 Å². The molecular formula is C10H16N2O. The number of oxazole rings is 1. The highest BCUT2D eigenvalue weighted by molar-refractivity contribution is 5.26. The zero-order valence-corrected chi connectivity index (χ0v) is 8.21. The Balaban J connectivity index is 2.31. The van der Waals surface area contributed by atoms with E-state index in [0.29, 0.717) is 17.9 Å². The molecule has 0 aromatic carbocycles. The summed E-state index contributed by atoms with van der Waals surface area (Å²) in [4.78, 5) is 4.27. The van der Waals surface area contributed by atoms with E-state index in [1.54, 1.807) is 0 Å². The Morgan fingerprint density at radius 3 is 2.62 bits per heavy atom. The number of hydrogen-bond acceptors (Lipinski definition) is 3. The van der Waals surface area contributed by atoms with Crippen molar-refractivity contribution >= 4 is 6.01 Å². The van der Waals surface area contributed by atoms with E-state index in [4.69, 9.17) is 10.2 Å². The fourth-order valence-electron chi connectivity index (χ4n) is 1.75. The summed E-state index contributed by atoms with van der Waals surface area (Å²) in [7, 11) is 0. The lowest BCUT2D eigenvalue weighted by atomic mass is 9.81. The van der Waals surface area contributed by atoms with E-state index in [1.165, 1.54) is 19.3 Å². The molecule has 0 amide bonds. The highest BCUT2D eigenvalue weighted by atomic mass is 16.4. The minimum atomic E-state index is 0.325. The lowest BCUT2D eigenvalue weighted by Gasteiger charge is -2.24. The van der Waals surface area contributed by atoms with E-state index in [0.717, 1.165) is 11.5 Å². The second-order valence-electron chi connectivity index (χ2n) is 4.08. The van der Waals surface area contributed by atoms with Crippen LogP contribution in [0.2, 0.25) is 0 Å². The number of rotatable bonds is 2. The maximum absolute atomic E-state index is 5.56. The normalized spacial score (nSPS) is 17.8. The predicted octanol–water partition coefficient (Wildman–Crippen LogP) is 2.65. The SMILES string of the molecule is CC(C)c1oc(N)nc1C1CCC1. The van der Waals surface area contributed by atoms with Crippen molar-refractivity contribution in [2.45, 2.75) is 44.9 Å². The molecule has 1 aliphatic rings. The number of aromatic nitrogens is 1. The van der Waals surface area contributed by atoms with Gasteiger partial charge in [0, 0.05) is 11.8 Å². The van der Waals surface area contributed by atoms with Gasteiger partial charge in [0.25, 0.3) is 6.01 Å². The maximum Gasteiger partial charge on any atom is 0.292 e. The minimum Gasteiger partial charge on any atom is -0.428 e. The molecule has 1 aliphatic carbocycles. The Labute approximate surface area is 78.3 Å². The number of nitrogens with zero attached hydrogens (tertiary/aromatic N) is 1. The lowest BCUT2D eigenvalue weighted by Crippen LogP contribution is -2.11. The largest absolute Gasteiger partial charge is 0.428 e. The molecule has 1 fully saturated rings. The average molecular weight is 180 g/mol. The van der Waals surface area contributed by atoms with Crippen LogP contribution in [0.25, 0.3) is 0 Å². The van der Waals surface area contributed by atoms with E-state index in [-0.39, 0.29) is 0 Å². The first-order valence-corrected chi connectivity index (χ1v) is 4.94. The first-order valence-electron chi connectivity index (χ1n) is 4.94. The zero-order valence-electron chi connectivity index (χ0n) is 8.21. The van der Waals surface area contributed by atoms with Crippen LogP contribution in [0.3, 0.4) is 0 Å². The number of nitrogen functional groups attached to an aromatic ring is 1. The molecular weight excluding hydrogens is 164 g/mol. The molecule has 1 aromatic heterocycles. The Morgan fingerprint density at radius 1 is 1.46 bits per heavy atom. The number of anilines is 1. The molecule has 3 nitrogen and oxygen atoms in total. The molecule has 1 saturated carbocycles. The zero-order chi connectivity index (χ0) is 9.42. The van der Waals surface area contributed by atoms with Crippen LogP contribution in [0.5, 0.6) is 0 Å². The van der Waals surface area contributed by atoms with Gasteiger partial charge in [-0.2, -0.15) is 4.98 Å². The number of hydrogen-bond donors (Lipinski definition) is 1. The summed E-state index contributed by atoms with van der Waals surface area (Å²) < 4.78 is 5.40. The molecule has 0 saturated heterocycles. The van der Waals surface area contributed by atoms with Crippen LogP contribution in [0.4, 0.5) is 6.01 Å².